The Balaban J connectivity index is 1.40. The fourth-order valence-electron chi connectivity index (χ4n) is 4.02. The van der Waals surface area contributed by atoms with Crippen LogP contribution >= 0.6 is 0 Å². The molecule has 29 heavy (non-hydrogen) atoms. The molecular weight excluding hydrogens is 385 g/mol. The first-order valence-electron chi connectivity index (χ1n) is 9.95. The van der Waals surface area contributed by atoms with Crippen LogP contribution in [0.15, 0.2) is 28.9 Å². The summed E-state index contributed by atoms with van der Waals surface area (Å²) in [5.74, 6) is 1.69. The Kier molecular flexibility index (Phi) is 5.52. The van der Waals surface area contributed by atoms with Gasteiger partial charge < -0.3 is 19.3 Å². The molecule has 1 aliphatic carbocycles. The molecule has 2 aliphatic rings. The lowest BCUT2D eigenvalue weighted by atomic mass is 10.0. The van der Waals surface area contributed by atoms with Crippen molar-refractivity contribution in [2.45, 2.75) is 57.0 Å². The molecule has 2 fully saturated rings. The third-order valence-corrected chi connectivity index (χ3v) is 5.62. The predicted octanol–water partition coefficient (Wildman–Crippen LogP) is 3.56. The van der Waals surface area contributed by atoms with Gasteiger partial charge >= 0.3 is 6.18 Å². The van der Waals surface area contributed by atoms with Crippen molar-refractivity contribution >= 4 is 5.82 Å². The number of halogens is 3. The monoisotopic (exact) mass is 410 g/mol. The smallest absolute Gasteiger partial charge is 0.433 e. The van der Waals surface area contributed by atoms with Crippen molar-refractivity contribution in [3.63, 3.8) is 0 Å². The summed E-state index contributed by atoms with van der Waals surface area (Å²) >= 11 is 0. The number of aliphatic hydroxyl groups is 1. The number of hydrogen-bond donors (Lipinski definition) is 1. The minimum atomic E-state index is -4.48. The first kappa shape index (κ1) is 20.2. The Morgan fingerprint density at radius 2 is 1.86 bits per heavy atom. The Hall–Kier alpha value is -2.13. The third-order valence-electron chi connectivity index (χ3n) is 5.62. The SMILES string of the molecule is Cc1ccc(C(O)CN2CCC(N(c3cc(C(F)(F)F)ncn3)C3CC3)CC2)o1. The van der Waals surface area contributed by atoms with Gasteiger partial charge in [-0.1, -0.05) is 0 Å². The van der Waals surface area contributed by atoms with Crippen molar-refractivity contribution < 1.29 is 22.7 Å². The van der Waals surface area contributed by atoms with E-state index in [9.17, 15) is 18.3 Å². The second-order valence-corrected chi connectivity index (χ2v) is 7.89. The van der Waals surface area contributed by atoms with Gasteiger partial charge in [0.1, 0.15) is 35.5 Å². The largest absolute Gasteiger partial charge is 0.464 e. The number of rotatable bonds is 6. The number of likely N-dealkylation sites (tertiary alicyclic amines) is 1. The third kappa shape index (κ3) is 4.72. The van der Waals surface area contributed by atoms with E-state index in [1.54, 1.807) is 6.07 Å². The summed E-state index contributed by atoms with van der Waals surface area (Å²) in [6, 6.07) is 5.06. The first-order valence-corrected chi connectivity index (χ1v) is 9.95. The van der Waals surface area contributed by atoms with Crippen LogP contribution in [0.1, 0.15) is 49.0 Å². The number of β-amino-alcohol motifs (C(OH)–C–C–N with tert-alkyl or cyclic N) is 1. The topological polar surface area (TPSA) is 65.6 Å². The number of aromatic nitrogens is 2. The van der Waals surface area contributed by atoms with Crippen molar-refractivity contribution in [3.05, 3.63) is 41.7 Å². The number of piperidine rings is 1. The molecule has 3 heterocycles. The second-order valence-electron chi connectivity index (χ2n) is 7.89. The predicted molar refractivity (Wildman–Crippen MR) is 100 cm³/mol. The van der Waals surface area contributed by atoms with Gasteiger partial charge in [0.05, 0.1) is 0 Å². The van der Waals surface area contributed by atoms with Crippen LogP contribution in [-0.4, -0.2) is 51.7 Å². The van der Waals surface area contributed by atoms with E-state index in [2.05, 4.69) is 19.8 Å². The van der Waals surface area contributed by atoms with E-state index in [0.29, 0.717) is 18.1 Å². The number of aliphatic hydroxyl groups excluding tert-OH is 1. The van der Waals surface area contributed by atoms with Crippen LogP contribution in [-0.2, 0) is 6.18 Å². The van der Waals surface area contributed by atoms with Crippen LogP contribution in [0, 0.1) is 6.92 Å². The average molecular weight is 410 g/mol. The first-order chi connectivity index (χ1) is 13.8. The van der Waals surface area contributed by atoms with Gasteiger partial charge in [-0.3, -0.25) is 0 Å². The number of alkyl halides is 3. The molecule has 0 amide bonds. The zero-order chi connectivity index (χ0) is 20.6. The molecule has 1 N–H and O–H groups in total. The molecule has 0 spiro atoms. The summed E-state index contributed by atoms with van der Waals surface area (Å²) in [4.78, 5) is 11.8. The Morgan fingerprint density at radius 3 is 2.45 bits per heavy atom. The molecule has 0 aromatic carbocycles. The number of furan rings is 1. The molecule has 9 heteroatoms. The van der Waals surface area contributed by atoms with E-state index >= 15 is 0 Å². The lowest BCUT2D eigenvalue weighted by Crippen LogP contribution is -2.47. The maximum atomic E-state index is 13.1. The van der Waals surface area contributed by atoms with Crippen LogP contribution in [0.2, 0.25) is 0 Å². The molecule has 1 aliphatic heterocycles. The quantitative estimate of drug-likeness (QED) is 0.786. The van der Waals surface area contributed by atoms with Gasteiger partial charge in [-0.2, -0.15) is 13.2 Å². The van der Waals surface area contributed by atoms with Gasteiger partial charge in [-0.05, 0) is 44.7 Å². The Bertz CT molecular complexity index is 829. The Morgan fingerprint density at radius 1 is 1.17 bits per heavy atom. The van der Waals surface area contributed by atoms with E-state index < -0.39 is 18.0 Å². The van der Waals surface area contributed by atoms with E-state index in [4.69, 9.17) is 4.42 Å². The highest BCUT2D eigenvalue weighted by Gasteiger charge is 2.39. The van der Waals surface area contributed by atoms with Crippen LogP contribution in [0.4, 0.5) is 19.0 Å². The molecule has 1 saturated heterocycles. The van der Waals surface area contributed by atoms with Gasteiger partial charge in [0.15, 0.2) is 0 Å². The lowest BCUT2D eigenvalue weighted by molar-refractivity contribution is -0.141. The summed E-state index contributed by atoms with van der Waals surface area (Å²) in [6.07, 6.45) is -0.584. The van der Waals surface area contributed by atoms with Crippen LogP contribution in [0.5, 0.6) is 0 Å². The van der Waals surface area contributed by atoms with Crippen LogP contribution in [0.25, 0.3) is 0 Å². The molecular formula is C20H25F3N4O2. The number of nitrogens with zero attached hydrogens (tertiary/aromatic N) is 4. The molecule has 6 nitrogen and oxygen atoms in total. The van der Waals surface area contributed by atoms with Crippen molar-refractivity contribution in [2.24, 2.45) is 0 Å². The minimum Gasteiger partial charge on any atom is -0.464 e. The fraction of sp³-hybridized carbons (Fsp3) is 0.600. The van der Waals surface area contributed by atoms with Crippen molar-refractivity contribution in [2.75, 3.05) is 24.5 Å². The van der Waals surface area contributed by atoms with Crippen molar-refractivity contribution in [3.8, 4) is 0 Å². The summed E-state index contributed by atoms with van der Waals surface area (Å²) in [5.41, 5.74) is -0.901. The van der Waals surface area contributed by atoms with E-state index in [1.165, 1.54) is 0 Å². The lowest BCUT2D eigenvalue weighted by Gasteiger charge is -2.40. The molecule has 2 aromatic heterocycles. The highest BCUT2D eigenvalue weighted by atomic mass is 19.4. The number of anilines is 1. The standard InChI is InChI=1S/C20H25F3N4O2/c1-13-2-5-17(29-13)16(28)11-26-8-6-15(7-9-26)27(14-3-4-14)19-10-18(20(21,22)23)24-12-25-19/h2,5,10,12,14-16,28H,3-4,6-9,11H2,1H3. The molecule has 1 unspecified atom stereocenters. The van der Waals surface area contributed by atoms with E-state index in [-0.39, 0.29) is 12.1 Å². The highest BCUT2D eigenvalue weighted by molar-refractivity contribution is 5.44. The van der Waals surface area contributed by atoms with E-state index in [0.717, 1.165) is 56.9 Å². The molecule has 4 rings (SSSR count). The molecule has 2 aromatic rings. The second kappa shape index (κ2) is 7.95. The summed E-state index contributed by atoms with van der Waals surface area (Å²) < 4.78 is 44.7. The van der Waals surface area contributed by atoms with Gasteiger partial charge in [-0.25, -0.2) is 9.97 Å². The van der Waals surface area contributed by atoms with Gasteiger partial charge in [0, 0.05) is 37.8 Å². The zero-order valence-corrected chi connectivity index (χ0v) is 16.3. The van der Waals surface area contributed by atoms with Crippen LogP contribution in [0.3, 0.4) is 0 Å². The normalized spacial score (nSPS) is 20.0. The fourth-order valence-corrected chi connectivity index (χ4v) is 4.02. The molecule has 0 bridgehead atoms. The maximum absolute atomic E-state index is 13.1. The number of hydrogen-bond acceptors (Lipinski definition) is 6. The molecule has 1 atom stereocenters. The van der Waals surface area contributed by atoms with Gasteiger partial charge in [0.2, 0.25) is 0 Å². The molecule has 0 radical (unpaired) electrons. The Labute approximate surface area is 167 Å². The summed E-state index contributed by atoms with van der Waals surface area (Å²) in [5, 5.41) is 10.4. The highest BCUT2D eigenvalue weighted by Crippen LogP contribution is 2.37. The molecule has 158 valence electrons. The number of aryl methyl sites for hydroxylation is 1. The van der Waals surface area contributed by atoms with Gasteiger partial charge in [0.25, 0.3) is 0 Å². The maximum Gasteiger partial charge on any atom is 0.433 e. The molecule has 1 saturated carbocycles. The van der Waals surface area contributed by atoms with Crippen molar-refractivity contribution in [1.29, 1.82) is 0 Å². The minimum absolute atomic E-state index is 0.137. The average Bonchev–Trinajstić information content (AvgIpc) is 3.42. The zero-order valence-electron chi connectivity index (χ0n) is 16.3. The van der Waals surface area contributed by atoms with Gasteiger partial charge in [-0.15, -0.1) is 0 Å². The van der Waals surface area contributed by atoms with Crippen molar-refractivity contribution in [1.82, 2.24) is 14.9 Å². The summed E-state index contributed by atoms with van der Waals surface area (Å²) in [6.45, 7) is 3.85. The summed E-state index contributed by atoms with van der Waals surface area (Å²) in [7, 11) is 0. The van der Waals surface area contributed by atoms with Crippen LogP contribution < -0.4 is 4.90 Å². The van der Waals surface area contributed by atoms with E-state index in [1.807, 2.05) is 13.0 Å².